The van der Waals surface area contributed by atoms with Gasteiger partial charge < -0.3 is 10.6 Å². The number of carbonyl (C=O) groups excluding carboxylic acids is 1. The van der Waals surface area contributed by atoms with Crippen LogP contribution in [0.1, 0.15) is 24.2 Å². The highest BCUT2D eigenvalue weighted by atomic mass is 79.9. The number of hydrogen-bond acceptors (Lipinski definition) is 2. The Morgan fingerprint density at radius 3 is 2.47 bits per heavy atom. The van der Waals surface area contributed by atoms with Crippen LogP contribution in [0.4, 0.5) is 18.9 Å². The molecule has 0 fully saturated rings. The van der Waals surface area contributed by atoms with E-state index in [1.54, 1.807) is 6.07 Å². The van der Waals surface area contributed by atoms with Gasteiger partial charge in [0.1, 0.15) is 6.54 Å². The second-order valence-corrected chi connectivity index (χ2v) is 5.14. The van der Waals surface area contributed by atoms with Crippen molar-refractivity contribution in [2.45, 2.75) is 26.1 Å². The van der Waals surface area contributed by atoms with Gasteiger partial charge in [0, 0.05) is 11.7 Å². The fraction of sp³-hybridized carbons (Fsp3) is 0.417. The van der Waals surface area contributed by atoms with E-state index in [0.29, 0.717) is 10.2 Å². The molecule has 0 radical (unpaired) electrons. The number of benzene rings is 1. The van der Waals surface area contributed by atoms with E-state index in [1.165, 1.54) is 26.0 Å². The van der Waals surface area contributed by atoms with E-state index in [4.69, 9.17) is 5.73 Å². The van der Waals surface area contributed by atoms with Crippen LogP contribution in [0.2, 0.25) is 0 Å². The summed E-state index contributed by atoms with van der Waals surface area (Å²) in [7, 11) is 0. The van der Waals surface area contributed by atoms with Crippen molar-refractivity contribution < 1.29 is 18.0 Å². The van der Waals surface area contributed by atoms with E-state index < -0.39 is 24.7 Å². The molecule has 106 valence electrons. The molecule has 7 heteroatoms. The van der Waals surface area contributed by atoms with Crippen molar-refractivity contribution in [3.8, 4) is 0 Å². The number of nitrogens with zero attached hydrogens (tertiary/aromatic N) is 1. The lowest BCUT2D eigenvalue weighted by atomic mass is 10.1. The highest BCUT2D eigenvalue weighted by Gasteiger charge is 2.35. The summed E-state index contributed by atoms with van der Waals surface area (Å²) in [6, 6.07) is 3.96. The second kappa shape index (κ2) is 5.81. The lowest BCUT2D eigenvalue weighted by molar-refractivity contribution is -0.143. The van der Waals surface area contributed by atoms with E-state index in [-0.39, 0.29) is 5.56 Å². The SMILES string of the molecule is CC(C)N(CC(F)(F)F)C(=O)c1cccc(N)c1Br. The highest BCUT2D eigenvalue weighted by molar-refractivity contribution is 9.10. The van der Waals surface area contributed by atoms with Crippen molar-refractivity contribution >= 4 is 27.5 Å². The minimum Gasteiger partial charge on any atom is -0.398 e. The molecule has 0 heterocycles. The number of rotatable bonds is 3. The maximum Gasteiger partial charge on any atom is 0.406 e. The van der Waals surface area contributed by atoms with Gasteiger partial charge in [-0.15, -0.1) is 0 Å². The van der Waals surface area contributed by atoms with Crippen molar-refractivity contribution in [3.05, 3.63) is 28.2 Å². The average Bonchev–Trinajstić information content (AvgIpc) is 2.27. The van der Waals surface area contributed by atoms with Gasteiger partial charge in [-0.2, -0.15) is 13.2 Å². The first-order chi connectivity index (χ1) is 8.63. The molecule has 0 aliphatic rings. The van der Waals surface area contributed by atoms with Crippen LogP contribution >= 0.6 is 15.9 Å². The average molecular weight is 339 g/mol. The van der Waals surface area contributed by atoms with Gasteiger partial charge in [-0.3, -0.25) is 4.79 Å². The van der Waals surface area contributed by atoms with E-state index in [9.17, 15) is 18.0 Å². The zero-order valence-electron chi connectivity index (χ0n) is 10.5. The maximum atomic E-state index is 12.5. The second-order valence-electron chi connectivity index (χ2n) is 4.35. The smallest absolute Gasteiger partial charge is 0.398 e. The molecule has 1 amide bonds. The summed E-state index contributed by atoms with van der Waals surface area (Å²) >= 11 is 3.12. The largest absolute Gasteiger partial charge is 0.406 e. The molecular formula is C12H14BrF3N2O. The molecule has 2 N–H and O–H groups in total. The third kappa shape index (κ3) is 4.12. The molecule has 19 heavy (non-hydrogen) atoms. The maximum absolute atomic E-state index is 12.5. The molecule has 0 unspecified atom stereocenters. The third-order valence-corrected chi connectivity index (χ3v) is 3.38. The minimum absolute atomic E-state index is 0.123. The van der Waals surface area contributed by atoms with Crippen LogP contribution in [-0.2, 0) is 0 Å². The summed E-state index contributed by atoms with van der Waals surface area (Å²) in [6.45, 7) is 1.78. The van der Waals surface area contributed by atoms with Gasteiger partial charge in [-0.05, 0) is 41.9 Å². The summed E-state index contributed by atoms with van der Waals surface area (Å²) in [5, 5.41) is 0. The normalized spacial score (nSPS) is 11.7. The van der Waals surface area contributed by atoms with E-state index >= 15 is 0 Å². The Bertz CT molecular complexity index is 475. The molecule has 0 aliphatic heterocycles. The topological polar surface area (TPSA) is 46.3 Å². The molecule has 1 aromatic rings. The lowest BCUT2D eigenvalue weighted by Gasteiger charge is -2.28. The molecule has 1 aromatic carbocycles. The quantitative estimate of drug-likeness (QED) is 0.858. The Morgan fingerprint density at radius 2 is 2.00 bits per heavy atom. The number of halogens is 4. The zero-order valence-corrected chi connectivity index (χ0v) is 12.0. The Hall–Kier alpha value is -1.24. The third-order valence-electron chi connectivity index (χ3n) is 2.49. The number of hydrogen-bond donors (Lipinski definition) is 1. The molecule has 0 spiro atoms. The molecule has 0 bridgehead atoms. The van der Waals surface area contributed by atoms with Crippen molar-refractivity contribution in [2.75, 3.05) is 12.3 Å². The van der Waals surface area contributed by atoms with Crippen LogP contribution in [0.3, 0.4) is 0 Å². The number of anilines is 1. The van der Waals surface area contributed by atoms with Crippen LogP contribution < -0.4 is 5.73 Å². The van der Waals surface area contributed by atoms with E-state index in [0.717, 1.165) is 4.90 Å². The number of nitrogens with two attached hydrogens (primary N) is 1. The van der Waals surface area contributed by atoms with Gasteiger partial charge in [-0.25, -0.2) is 0 Å². The molecule has 0 saturated carbocycles. The summed E-state index contributed by atoms with van der Waals surface area (Å²) in [5.74, 6) is -0.702. The fourth-order valence-corrected chi connectivity index (χ4v) is 1.99. The van der Waals surface area contributed by atoms with Gasteiger partial charge in [0.2, 0.25) is 0 Å². The first kappa shape index (κ1) is 15.8. The van der Waals surface area contributed by atoms with Gasteiger partial charge in [0.25, 0.3) is 5.91 Å². The highest BCUT2D eigenvalue weighted by Crippen LogP contribution is 2.27. The van der Waals surface area contributed by atoms with Crippen LogP contribution in [0.15, 0.2) is 22.7 Å². The van der Waals surface area contributed by atoms with Gasteiger partial charge in [0.15, 0.2) is 0 Å². The van der Waals surface area contributed by atoms with Crippen molar-refractivity contribution in [1.82, 2.24) is 4.90 Å². The number of amides is 1. The first-order valence-electron chi connectivity index (χ1n) is 5.55. The monoisotopic (exact) mass is 338 g/mol. The number of nitrogen functional groups attached to an aromatic ring is 1. The first-order valence-corrected chi connectivity index (χ1v) is 6.34. The molecule has 0 aliphatic carbocycles. The minimum atomic E-state index is -4.44. The summed E-state index contributed by atoms with van der Waals surface area (Å²) in [5.41, 5.74) is 6.05. The molecule has 0 atom stereocenters. The summed E-state index contributed by atoms with van der Waals surface area (Å²) in [4.78, 5) is 12.9. The van der Waals surface area contributed by atoms with Crippen LogP contribution in [0.5, 0.6) is 0 Å². The predicted molar refractivity (Wildman–Crippen MR) is 70.8 cm³/mol. The van der Waals surface area contributed by atoms with Gasteiger partial charge in [-0.1, -0.05) is 6.07 Å². The van der Waals surface area contributed by atoms with Gasteiger partial charge in [0.05, 0.1) is 10.0 Å². The predicted octanol–water partition coefficient (Wildman–Crippen LogP) is 3.44. The van der Waals surface area contributed by atoms with E-state index in [1.807, 2.05) is 0 Å². The van der Waals surface area contributed by atoms with Crippen LogP contribution in [-0.4, -0.2) is 29.6 Å². The zero-order chi connectivity index (χ0) is 14.8. The molecule has 0 aromatic heterocycles. The molecule has 0 saturated heterocycles. The Kier molecular flexibility index (Phi) is 4.84. The fourth-order valence-electron chi connectivity index (χ4n) is 1.55. The van der Waals surface area contributed by atoms with Gasteiger partial charge >= 0.3 is 6.18 Å². The Balaban J connectivity index is 3.10. The van der Waals surface area contributed by atoms with Crippen molar-refractivity contribution in [3.63, 3.8) is 0 Å². The molecule has 3 nitrogen and oxygen atoms in total. The number of alkyl halides is 3. The Labute approximate surface area is 117 Å². The standard InChI is InChI=1S/C12H14BrF3N2O/c1-7(2)18(6-12(14,15)16)11(19)8-4-3-5-9(17)10(8)13/h3-5,7H,6,17H2,1-2H3. The number of carbonyl (C=O) groups is 1. The summed E-state index contributed by atoms with van der Waals surface area (Å²) < 4.78 is 37.8. The lowest BCUT2D eigenvalue weighted by Crippen LogP contribution is -2.43. The van der Waals surface area contributed by atoms with Crippen molar-refractivity contribution in [2.24, 2.45) is 0 Å². The van der Waals surface area contributed by atoms with Crippen molar-refractivity contribution in [1.29, 1.82) is 0 Å². The van der Waals surface area contributed by atoms with E-state index in [2.05, 4.69) is 15.9 Å². The summed E-state index contributed by atoms with van der Waals surface area (Å²) in [6.07, 6.45) is -4.44. The molecule has 1 rings (SSSR count). The van der Waals surface area contributed by atoms with Crippen LogP contribution in [0.25, 0.3) is 0 Å². The van der Waals surface area contributed by atoms with Crippen LogP contribution in [0, 0.1) is 0 Å². The molecular weight excluding hydrogens is 325 g/mol. The Morgan fingerprint density at radius 1 is 1.42 bits per heavy atom.